The van der Waals surface area contributed by atoms with E-state index in [0.717, 1.165) is 21.9 Å². The molecule has 138 valence electrons. The molecule has 1 aliphatic heterocycles. The fourth-order valence-corrected chi connectivity index (χ4v) is 5.85. The van der Waals surface area contributed by atoms with Gasteiger partial charge in [0, 0.05) is 28.0 Å². The third-order valence-electron chi connectivity index (χ3n) is 6.54. The molecule has 29 heavy (non-hydrogen) atoms. The molecule has 0 saturated heterocycles. The van der Waals surface area contributed by atoms with E-state index < -0.39 is 5.41 Å². The van der Waals surface area contributed by atoms with E-state index in [1.165, 1.54) is 11.1 Å². The molecule has 0 bridgehead atoms. The zero-order valence-electron chi connectivity index (χ0n) is 15.5. The smallest absolute Gasteiger partial charge is 0.149 e. The first-order chi connectivity index (χ1) is 14.3. The van der Waals surface area contributed by atoms with Gasteiger partial charge in [0.25, 0.3) is 0 Å². The Labute approximate surface area is 174 Å². The summed E-state index contributed by atoms with van der Waals surface area (Å²) in [7, 11) is 0. The van der Waals surface area contributed by atoms with Gasteiger partial charge in [-0.3, -0.25) is 0 Å². The highest BCUT2D eigenvalue weighted by atomic mass is 35.5. The number of benzene rings is 3. The van der Waals surface area contributed by atoms with Gasteiger partial charge < -0.3 is 4.74 Å². The van der Waals surface area contributed by atoms with Crippen molar-refractivity contribution in [3.05, 3.63) is 118 Å². The summed E-state index contributed by atoms with van der Waals surface area (Å²) in [5, 5.41) is 10.6. The number of nitrogens with zero attached hydrogens (tertiary/aromatic N) is 1. The predicted octanol–water partition coefficient (Wildman–Crippen LogP) is 6.40. The molecule has 2 aliphatic carbocycles. The van der Waals surface area contributed by atoms with Crippen molar-refractivity contribution in [1.29, 1.82) is 5.26 Å². The van der Waals surface area contributed by atoms with Gasteiger partial charge in [-0.2, -0.15) is 5.26 Å². The number of hydrogen-bond acceptors (Lipinski definition) is 2. The van der Waals surface area contributed by atoms with Crippen LogP contribution in [-0.2, 0) is 5.41 Å². The molecule has 1 spiro atoms. The van der Waals surface area contributed by atoms with E-state index in [4.69, 9.17) is 16.3 Å². The van der Waals surface area contributed by atoms with Crippen LogP contribution in [0.5, 0.6) is 11.5 Å². The molecule has 2 nitrogen and oxygen atoms in total. The van der Waals surface area contributed by atoms with Crippen molar-refractivity contribution in [2.24, 2.45) is 5.92 Å². The van der Waals surface area contributed by atoms with Crippen LogP contribution >= 0.6 is 11.6 Å². The zero-order chi connectivity index (χ0) is 19.6. The maximum atomic E-state index is 9.77. The summed E-state index contributed by atoms with van der Waals surface area (Å²) in [6, 6.07) is 24.9. The number of para-hydroxylation sites is 2. The fraction of sp³-hybridized carbons (Fsp3) is 0.115. The van der Waals surface area contributed by atoms with Crippen molar-refractivity contribution < 1.29 is 4.74 Å². The Morgan fingerprint density at radius 3 is 2.52 bits per heavy atom. The van der Waals surface area contributed by atoms with Crippen LogP contribution in [-0.4, -0.2) is 0 Å². The van der Waals surface area contributed by atoms with Crippen LogP contribution in [0.25, 0.3) is 0 Å². The third-order valence-corrected chi connectivity index (χ3v) is 6.90. The van der Waals surface area contributed by atoms with Gasteiger partial charge in [0.1, 0.15) is 17.6 Å². The van der Waals surface area contributed by atoms with Gasteiger partial charge in [0.15, 0.2) is 0 Å². The molecule has 3 unspecified atom stereocenters. The zero-order valence-corrected chi connectivity index (χ0v) is 16.2. The number of rotatable bonds is 0. The van der Waals surface area contributed by atoms with E-state index in [2.05, 4.69) is 60.7 Å². The molecule has 0 fully saturated rings. The highest BCUT2D eigenvalue weighted by Gasteiger charge is 2.58. The summed E-state index contributed by atoms with van der Waals surface area (Å²) in [5.74, 6) is 1.65. The average molecular weight is 394 g/mol. The minimum Gasteiger partial charge on any atom is -0.455 e. The second-order valence-corrected chi connectivity index (χ2v) is 8.16. The number of fused-ring (bicyclic) bond motifs is 9. The Hall–Kier alpha value is -3.28. The van der Waals surface area contributed by atoms with Crippen LogP contribution in [0.15, 0.2) is 90.0 Å². The van der Waals surface area contributed by atoms with Crippen LogP contribution in [0.3, 0.4) is 0 Å². The highest BCUT2D eigenvalue weighted by molar-refractivity contribution is 6.30. The van der Waals surface area contributed by atoms with Gasteiger partial charge >= 0.3 is 0 Å². The molecule has 0 radical (unpaired) electrons. The van der Waals surface area contributed by atoms with Crippen molar-refractivity contribution in [2.45, 2.75) is 11.3 Å². The normalized spacial score (nSPS) is 25.2. The molecular formula is C26H16ClNO. The average Bonchev–Trinajstić information content (AvgIpc) is 3.06. The summed E-state index contributed by atoms with van der Waals surface area (Å²) in [4.78, 5) is 0. The second-order valence-electron chi connectivity index (χ2n) is 7.73. The Morgan fingerprint density at radius 2 is 1.66 bits per heavy atom. The lowest BCUT2D eigenvalue weighted by Crippen LogP contribution is -2.38. The van der Waals surface area contributed by atoms with Crippen molar-refractivity contribution in [2.75, 3.05) is 0 Å². The molecule has 6 rings (SSSR count). The quantitative estimate of drug-likeness (QED) is 0.442. The minimum absolute atomic E-state index is 0.0858. The Morgan fingerprint density at radius 1 is 0.897 bits per heavy atom. The topological polar surface area (TPSA) is 33.0 Å². The first-order valence-corrected chi connectivity index (χ1v) is 10.1. The number of ether oxygens (including phenoxy) is 1. The van der Waals surface area contributed by atoms with Crippen molar-refractivity contribution in [3.8, 4) is 17.6 Å². The van der Waals surface area contributed by atoms with E-state index in [0.29, 0.717) is 11.3 Å². The molecule has 3 atom stereocenters. The minimum atomic E-state index is -0.455. The summed E-state index contributed by atoms with van der Waals surface area (Å²) < 4.78 is 6.31. The van der Waals surface area contributed by atoms with Crippen molar-refractivity contribution >= 4 is 11.6 Å². The molecule has 0 N–H and O–H groups in total. The van der Waals surface area contributed by atoms with E-state index in [1.807, 2.05) is 30.3 Å². The number of allylic oxidation sites excluding steroid dienone is 4. The molecule has 0 saturated carbocycles. The number of hydrogen-bond donors (Lipinski definition) is 0. The second kappa shape index (κ2) is 5.86. The summed E-state index contributed by atoms with van der Waals surface area (Å²) in [5.41, 5.74) is 4.74. The van der Waals surface area contributed by atoms with Crippen molar-refractivity contribution in [3.63, 3.8) is 0 Å². The lowest BCUT2D eigenvalue weighted by molar-refractivity contribution is 0.372. The summed E-state index contributed by atoms with van der Waals surface area (Å²) in [6.07, 6.45) is 6.32. The Balaban J connectivity index is 1.80. The highest BCUT2D eigenvalue weighted by Crippen LogP contribution is 2.66. The molecule has 3 aliphatic rings. The van der Waals surface area contributed by atoms with E-state index in [-0.39, 0.29) is 11.8 Å². The largest absolute Gasteiger partial charge is 0.455 e. The maximum absolute atomic E-state index is 9.77. The van der Waals surface area contributed by atoms with Gasteiger partial charge in [-0.05, 0) is 29.3 Å². The molecular weight excluding hydrogens is 378 g/mol. The lowest BCUT2D eigenvalue weighted by Gasteiger charge is -2.43. The Kier molecular flexibility index (Phi) is 3.37. The number of halogens is 1. The number of nitriles is 1. The molecule has 0 aromatic heterocycles. The molecule has 0 amide bonds. The first-order valence-electron chi connectivity index (χ1n) is 9.71. The van der Waals surface area contributed by atoms with Gasteiger partial charge in [-0.1, -0.05) is 78.4 Å². The predicted molar refractivity (Wildman–Crippen MR) is 113 cm³/mol. The fourth-order valence-electron chi connectivity index (χ4n) is 5.53. The van der Waals surface area contributed by atoms with Crippen LogP contribution in [0.1, 0.15) is 33.7 Å². The summed E-state index contributed by atoms with van der Waals surface area (Å²) >= 11 is 6.79. The molecule has 3 heteroatoms. The molecule has 3 aromatic carbocycles. The first kappa shape index (κ1) is 16.7. The van der Waals surface area contributed by atoms with Gasteiger partial charge in [-0.15, -0.1) is 0 Å². The molecule has 1 heterocycles. The van der Waals surface area contributed by atoms with Crippen LogP contribution in [0, 0.1) is 17.2 Å². The van der Waals surface area contributed by atoms with Crippen LogP contribution < -0.4 is 4.74 Å². The van der Waals surface area contributed by atoms with Crippen LogP contribution in [0.2, 0.25) is 0 Å². The monoisotopic (exact) mass is 393 g/mol. The SMILES string of the molecule is N#Cc1cccc2c1Oc1ccccc1C21c2ccccc2C2C(Cl)=CC=CC21. The maximum Gasteiger partial charge on any atom is 0.149 e. The van der Waals surface area contributed by atoms with Gasteiger partial charge in [-0.25, -0.2) is 0 Å². The van der Waals surface area contributed by atoms with E-state index in [1.54, 1.807) is 0 Å². The van der Waals surface area contributed by atoms with Crippen molar-refractivity contribution in [1.82, 2.24) is 0 Å². The standard InChI is InChI=1S/C26H16ClNO/c27-22-13-6-11-20-24(22)17-8-1-2-9-18(17)26(20)19-10-3-4-14-23(19)29-25-16(15-28)7-5-12-21(25)26/h1-14,20,24H. The Bertz CT molecular complexity index is 1280. The summed E-state index contributed by atoms with van der Waals surface area (Å²) in [6.45, 7) is 0. The third kappa shape index (κ3) is 1.96. The van der Waals surface area contributed by atoms with Crippen LogP contribution in [0.4, 0.5) is 0 Å². The lowest BCUT2D eigenvalue weighted by atomic mass is 9.61. The van der Waals surface area contributed by atoms with E-state index >= 15 is 0 Å². The molecule has 3 aromatic rings. The van der Waals surface area contributed by atoms with Gasteiger partial charge in [0.05, 0.1) is 11.0 Å². The van der Waals surface area contributed by atoms with E-state index in [9.17, 15) is 5.26 Å². The van der Waals surface area contributed by atoms with Gasteiger partial charge in [0.2, 0.25) is 0 Å².